The molecule has 0 amide bonds. The van der Waals surface area contributed by atoms with Crippen molar-refractivity contribution in [1.82, 2.24) is 0 Å². The zero-order chi connectivity index (χ0) is 14.5. The first-order chi connectivity index (χ1) is 9.60. The molecule has 104 valence electrons. The van der Waals surface area contributed by atoms with Gasteiger partial charge in [0, 0.05) is 17.8 Å². The van der Waals surface area contributed by atoms with Gasteiger partial charge in [0.05, 0.1) is 0 Å². The van der Waals surface area contributed by atoms with Gasteiger partial charge in [0.15, 0.2) is 0 Å². The van der Waals surface area contributed by atoms with Crippen molar-refractivity contribution in [2.45, 2.75) is 13.5 Å². The summed E-state index contributed by atoms with van der Waals surface area (Å²) in [5.41, 5.74) is 4.64. The van der Waals surface area contributed by atoms with Crippen LogP contribution in [0.25, 0.3) is 6.08 Å². The normalized spacial score (nSPS) is 11.0. The highest BCUT2D eigenvalue weighted by Gasteiger charge is 2.04. The molecule has 0 aliphatic rings. The highest BCUT2D eigenvalue weighted by molar-refractivity contribution is 6.27. The van der Waals surface area contributed by atoms with E-state index in [9.17, 15) is 8.78 Å². The Morgan fingerprint density at radius 1 is 1.10 bits per heavy atom. The summed E-state index contributed by atoms with van der Waals surface area (Å²) in [6.45, 7) is 2.33. The summed E-state index contributed by atoms with van der Waals surface area (Å²) >= 11 is 5.56. The fourth-order valence-corrected chi connectivity index (χ4v) is 2.10. The van der Waals surface area contributed by atoms with Crippen LogP contribution in [0.1, 0.15) is 16.7 Å². The van der Waals surface area contributed by atoms with Crippen molar-refractivity contribution < 1.29 is 8.78 Å². The van der Waals surface area contributed by atoms with Crippen LogP contribution in [0.4, 0.5) is 14.5 Å². The predicted molar refractivity (Wildman–Crippen MR) is 79.8 cm³/mol. The smallest absolute Gasteiger partial charge is 0.123 e. The summed E-state index contributed by atoms with van der Waals surface area (Å²) in [6.07, 6.45) is 1.64. The number of hydrogen-bond donors (Lipinski definition) is 1. The van der Waals surface area contributed by atoms with Crippen LogP contribution < -0.4 is 5.32 Å². The Bertz CT molecular complexity index is 638. The molecule has 20 heavy (non-hydrogen) atoms. The van der Waals surface area contributed by atoms with Crippen LogP contribution in [0.15, 0.2) is 41.9 Å². The summed E-state index contributed by atoms with van der Waals surface area (Å²) < 4.78 is 26.2. The molecule has 0 bridgehead atoms. The van der Waals surface area contributed by atoms with Crippen molar-refractivity contribution in [3.8, 4) is 0 Å². The highest BCUT2D eigenvalue weighted by atomic mass is 35.5. The molecule has 1 nitrogen and oxygen atoms in total. The zero-order valence-electron chi connectivity index (χ0n) is 11.0. The van der Waals surface area contributed by atoms with Crippen molar-refractivity contribution >= 4 is 23.4 Å². The van der Waals surface area contributed by atoms with Gasteiger partial charge in [0.1, 0.15) is 11.6 Å². The van der Waals surface area contributed by atoms with Crippen LogP contribution in [0.3, 0.4) is 0 Å². The second kappa shape index (κ2) is 6.53. The molecule has 0 heterocycles. The van der Waals surface area contributed by atoms with Gasteiger partial charge in [-0.15, -0.1) is 0 Å². The first-order valence-electron chi connectivity index (χ1n) is 6.15. The van der Waals surface area contributed by atoms with E-state index < -0.39 is 0 Å². The molecule has 1 N–H and O–H groups in total. The first kappa shape index (κ1) is 14.5. The van der Waals surface area contributed by atoms with Crippen molar-refractivity contribution in [3.05, 3.63) is 70.3 Å². The Hall–Kier alpha value is -1.87. The van der Waals surface area contributed by atoms with E-state index in [-0.39, 0.29) is 11.6 Å². The fraction of sp³-hybridized carbons (Fsp3) is 0.125. The first-order valence-corrected chi connectivity index (χ1v) is 6.59. The largest absolute Gasteiger partial charge is 0.381 e. The minimum absolute atomic E-state index is 0.263. The summed E-state index contributed by atoms with van der Waals surface area (Å²) in [7, 11) is 0. The van der Waals surface area contributed by atoms with Crippen LogP contribution in [0.2, 0.25) is 0 Å². The lowest BCUT2D eigenvalue weighted by Crippen LogP contribution is -2.03. The minimum atomic E-state index is -0.309. The van der Waals surface area contributed by atoms with Gasteiger partial charge in [-0.2, -0.15) is 0 Å². The lowest BCUT2D eigenvalue weighted by atomic mass is 10.1. The van der Waals surface area contributed by atoms with Gasteiger partial charge in [-0.3, -0.25) is 0 Å². The number of aryl methyl sites for hydroxylation is 1. The third-order valence-corrected chi connectivity index (χ3v) is 3.13. The average Bonchev–Trinajstić information content (AvgIpc) is 2.40. The van der Waals surface area contributed by atoms with Crippen molar-refractivity contribution in [2.24, 2.45) is 0 Å². The number of halogens is 3. The molecule has 0 aliphatic carbocycles. The Balaban J connectivity index is 2.18. The average molecular weight is 294 g/mol. The lowest BCUT2D eigenvalue weighted by molar-refractivity contribution is 0.626. The molecular weight excluding hydrogens is 280 g/mol. The molecule has 2 rings (SSSR count). The maximum absolute atomic E-state index is 13.2. The van der Waals surface area contributed by atoms with Crippen LogP contribution in [0.5, 0.6) is 0 Å². The SMILES string of the molecule is Cc1cc(F)ccc1NCc1ccc(F)cc1/C=C\Cl. The predicted octanol–water partition coefficient (Wildman–Crippen LogP) is 5.09. The van der Waals surface area contributed by atoms with Crippen molar-refractivity contribution in [3.63, 3.8) is 0 Å². The van der Waals surface area contributed by atoms with Gasteiger partial charge in [0.2, 0.25) is 0 Å². The van der Waals surface area contributed by atoms with Gasteiger partial charge < -0.3 is 5.32 Å². The van der Waals surface area contributed by atoms with E-state index in [0.29, 0.717) is 12.1 Å². The molecule has 0 radical (unpaired) electrons. The van der Waals surface area contributed by atoms with Gasteiger partial charge in [-0.05, 0) is 60.0 Å². The molecule has 0 fully saturated rings. The summed E-state index contributed by atoms with van der Waals surface area (Å²) in [5.74, 6) is -0.572. The molecule has 2 aromatic rings. The van der Waals surface area contributed by atoms with Crippen LogP contribution in [-0.2, 0) is 6.54 Å². The van der Waals surface area contributed by atoms with E-state index in [0.717, 1.165) is 16.8 Å². The summed E-state index contributed by atoms with van der Waals surface area (Å²) in [6, 6.07) is 9.08. The molecule has 0 unspecified atom stereocenters. The highest BCUT2D eigenvalue weighted by Crippen LogP contribution is 2.19. The van der Waals surface area contributed by atoms with Crippen LogP contribution in [-0.4, -0.2) is 0 Å². The van der Waals surface area contributed by atoms with E-state index in [1.54, 1.807) is 18.2 Å². The van der Waals surface area contributed by atoms with Crippen LogP contribution >= 0.6 is 11.6 Å². The van der Waals surface area contributed by atoms with E-state index in [2.05, 4.69) is 5.32 Å². The topological polar surface area (TPSA) is 12.0 Å². The van der Waals surface area contributed by atoms with E-state index in [1.807, 2.05) is 6.92 Å². The number of hydrogen-bond acceptors (Lipinski definition) is 1. The monoisotopic (exact) mass is 293 g/mol. The Kier molecular flexibility index (Phi) is 4.74. The second-order valence-corrected chi connectivity index (χ2v) is 4.70. The maximum atomic E-state index is 13.2. The van der Waals surface area contributed by atoms with Crippen molar-refractivity contribution in [2.75, 3.05) is 5.32 Å². The zero-order valence-corrected chi connectivity index (χ0v) is 11.7. The van der Waals surface area contributed by atoms with E-state index >= 15 is 0 Å². The summed E-state index contributed by atoms with van der Waals surface area (Å²) in [4.78, 5) is 0. The number of benzene rings is 2. The van der Waals surface area contributed by atoms with Gasteiger partial charge in [-0.25, -0.2) is 8.78 Å². The molecule has 0 atom stereocenters. The molecule has 0 saturated carbocycles. The molecule has 4 heteroatoms. The van der Waals surface area contributed by atoms with Crippen molar-refractivity contribution in [1.29, 1.82) is 0 Å². The molecule has 2 aromatic carbocycles. The summed E-state index contributed by atoms with van der Waals surface area (Å²) in [5, 5.41) is 3.21. The fourth-order valence-electron chi connectivity index (χ4n) is 1.97. The lowest BCUT2D eigenvalue weighted by Gasteiger charge is -2.11. The second-order valence-electron chi connectivity index (χ2n) is 4.45. The third kappa shape index (κ3) is 3.58. The molecular formula is C16H14ClF2N. The van der Waals surface area contributed by atoms with E-state index in [4.69, 9.17) is 11.6 Å². The van der Waals surface area contributed by atoms with Gasteiger partial charge >= 0.3 is 0 Å². The quantitative estimate of drug-likeness (QED) is 0.827. The minimum Gasteiger partial charge on any atom is -0.381 e. The molecule has 0 aliphatic heterocycles. The Labute approximate surface area is 121 Å². The number of rotatable bonds is 4. The van der Waals surface area contributed by atoms with E-state index in [1.165, 1.54) is 29.8 Å². The Morgan fingerprint density at radius 2 is 1.80 bits per heavy atom. The standard InChI is InChI=1S/C16H14ClF2N/c1-11-8-14(18)4-5-16(11)20-10-13-2-3-15(19)9-12(13)6-7-17/h2-9,20H,10H2,1H3/b7-6-. The van der Waals surface area contributed by atoms with Gasteiger partial charge in [-0.1, -0.05) is 17.7 Å². The Morgan fingerprint density at radius 3 is 2.50 bits per heavy atom. The maximum Gasteiger partial charge on any atom is 0.123 e. The van der Waals surface area contributed by atoms with Crippen LogP contribution in [0, 0.1) is 18.6 Å². The number of nitrogens with one attached hydrogen (secondary N) is 1. The van der Waals surface area contributed by atoms with Gasteiger partial charge in [0.25, 0.3) is 0 Å². The number of anilines is 1. The molecule has 0 saturated heterocycles. The molecule has 0 spiro atoms. The third-order valence-electron chi connectivity index (χ3n) is 3.01. The molecule has 0 aromatic heterocycles.